The average Bonchev–Trinajstić information content (AvgIpc) is 3.58. The van der Waals surface area contributed by atoms with Gasteiger partial charge in [-0.05, 0) is 67.9 Å². The maximum absolute atomic E-state index is 14.6. The Morgan fingerprint density at radius 1 is 1.30 bits per heavy atom. The quantitative estimate of drug-likeness (QED) is 0.415. The lowest BCUT2D eigenvalue weighted by atomic mass is 9.83. The summed E-state index contributed by atoms with van der Waals surface area (Å²) >= 11 is 7.94. The van der Waals surface area contributed by atoms with Crippen molar-refractivity contribution in [2.24, 2.45) is 11.8 Å². The number of benzene rings is 1. The fourth-order valence-corrected chi connectivity index (χ4v) is 5.58. The topological polar surface area (TPSA) is 31.4 Å². The minimum atomic E-state index is -0.381. The van der Waals surface area contributed by atoms with E-state index >= 15 is 0 Å². The van der Waals surface area contributed by atoms with E-state index in [2.05, 4.69) is 29.4 Å². The SMILES string of the molecule is C=CC(SC1CC1)[C@H]1CCOCC1CCOc1ccc(-c2ccc(Cl)cn2)cc1F. The van der Waals surface area contributed by atoms with E-state index in [1.165, 1.54) is 18.9 Å². The largest absolute Gasteiger partial charge is 0.491 e. The van der Waals surface area contributed by atoms with Crippen molar-refractivity contribution in [2.45, 2.75) is 36.2 Å². The van der Waals surface area contributed by atoms with E-state index in [9.17, 15) is 4.39 Å². The number of pyridine rings is 1. The summed E-state index contributed by atoms with van der Waals surface area (Å²) in [7, 11) is 0. The Morgan fingerprint density at radius 3 is 2.87 bits per heavy atom. The van der Waals surface area contributed by atoms with Gasteiger partial charge in [-0.3, -0.25) is 4.98 Å². The lowest BCUT2D eigenvalue weighted by molar-refractivity contribution is 0.0108. The van der Waals surface area contributed by atoms with Crippen LogP contribution < -0.4 is 4.74 Å². The van der Waals surface area contributed by atoms with Gasteiger partial charge in [-0.25, -0.2) is 4.39 Å². The van der Waals surface area contributed by atoms with Crippen molar-refractivity contribution < 1.29 is 13.9 Å². The van der Waals surface area contributed by atoms with Crippen LogP contribution in [0.15, 0.2) is 49.2 Å². The van der Waals surface area contributed by atoms with Crippen LogP contribution in [0.1, 0.15) is 25.7 Å². The van der Waals surface area contributed by atoms with E-state index in [0.29, 0.717) is 40.0 Å². The van der Waals surface area contributed by atoms with Crippen molar-refractivity contribution in [1.29, 1.82) is 0 Å². The molecule has 30 heavy (non-hydrogen) atoms. The van der Waals surface area contributed by atoms with Gasteiger partial charge in [0.1, 0.15) is 0 Å². The first-order valence-electron chi connectivity index (χ1n) is 10.5. The number of hydrogen-bond donors (Lipinski definition) is 0. The van der Waals surface area contributed by atoms with Crippen LogP contribution in [-0.2, 0) is 4.74 Å². The maximum atomic E-state index is 14.6. The minimum absolute atomic E-state index is 0.272. The first kappa shape index (κ1) is 21.7. The molecule has 4 rings (SSSR count). The van der Waals surface area contributed by atoms with Crippen LogP contribution in [0.3, 0.4) is 0 Å². The molecule has 0 spiro atoms. The highest BCUT2D eigenvalue weighted by atomic mass is 35.5. The van der Waals surface area contributed by atoms with E-state index in [1.54, 1.807) is 24.4 Å². The summed E-state index contributed by atoms with van der Waals surface area (Å²) < 4.78 is 26.1. The number of ether oxygens (including phenoxy) is 2. The molecule has 1 saturated carbocycles. The molecule has 2 aliphatic rings. The second-order valence-corrected chi connectivity index (χ2v) is 9.89. The van der Waals surface area contributed by atoms with Crippen LogP contribution in [0, 0.1) is 17.7 Å². The zero-order chi connectivity index (χ0) is 20.9. The number of nitrogens with zero attached hydrogens (tertiary/aromatic N) is 1. The first-order valence-corrected chi connectivity index (χ1v) is 11.9. The molecule has 1 aromatic heterocycles. The highest BCUT2D eigenvalue weighted by molar-refractivity contribution is 8.00. The fourth-order valence-electron chi connectivity index (χ4n) is 3.95. The molecule has 1 aromatic carbocycles. The van der Waals surface area contributed by atoms with Crippen LogP contribution in [0.25, 0.3) is 11.3 Å². The number of hydrogen-bond acceptors (Lipinski definition) is 4. The molecule has 2 unspecified atom stereocenters. The minimum Gasteiger partial charge on any atom is -0.491 e. The second-order valence-electron chi connectivity index (χ2n) is 7.97. The number of rotatable bonds is 9. The summed E-state index contributed by atoms with van der Waals surface area (Å²) in [6, 6.07) is 8.47. The monoisotopic (exact) mass is 447 g/mol. The van der Waals surface area contributed by atoms with Gasteiger partial charge >= 0.3 is 0 Å². The van der Waals surface area contributed by atoms with E-state index in [0.717, 1.165) is 31.3 Å². The van der Waals surface area contributed by atoms with Gasteiger partial charge in [-0.15, -0.1) is 6.58 Å². The van der Waals surface area contributed by atoms with Crippen molar-refractivity contribution in [1.82, 2.24) is 4.98 Å². The van der Waals surface area contributed by atoms with Gasteiger partial charge in [-0.1, -0.05) is 17.7 Å². The van der Waals surface area contributed by atoms with Gasteiger partial charge in [-0.2, -0.15) is 11.8 Å². The molecule has 6 heteroatoms. The van der Waals surface area contributed by atoms with Gasteiger partial charge < -0.3 is 9.47 Å². The lowest BCUT2D eigenvalue weighted by Gasteiger charge is -2.35. The normalized spacial score (nSPS) is 22.5. The Morgan fingerprint density at radius 2 is 2.17 bits per heavy atom. The zero-order valence-electron chi connectivity index (χ0n) is 16.9. The summed E-state index contributed by atoms with van der Waals surface area (Å²) in [6.07, 6.45) is 8.22. The smallest absolute Gasteiger partial charge is 0.165 e. The molecular weight excluding hydrogens is 421 g/mol. The molecule has 2 fully saturated rings. The zero-order valence-corrected chi connectivity index (χ0v) is 18.5. The molecule has 0 amide bonds. The summed E-state index contributed by atoms with van der Waals surface area (Å²) in [5.41, 5.74) is 1.37. The standard InChI is InChI=1S/C24H27ClFNO2S/c1-2-24(30-19-5-6-19)20-10-11-28-15-17(20)9-12-29-23-8-3-16(13-21(23)26)22-7-4-18(25)14-27-22/h2-4,7-8,13-14,17,19-20,24H,1,5-6,9-12,15H2/t17?,20-,24?/m0/s1. The highest BCUT2D eigenvalue weighted by Crippen LogP contribution is 2.43. The van der Waals surface area contributed by atoms with Crippen molar-refractivity contribution in [3.63, 3.8) is 0 Å². The number of thioether (sulfide) groups is 1. The average molecular weight is 448 g/mol. The van der Waals surface area contributed by atoms with Crippen LogP contribution in [-0.4, -0.2) is 35.3 Å². The molecule has 2 aromatic rings. The summed E-state index contributed by atoms with van der Waals surface area (Å²) in [4.78, 5) is 4.24. The second kappa shape index (κ2) is 10.2. The number of aromatic nitrogens is 1. The molecule has 3 atom stereocenters. The van der Waals surface area contributed by atoms with Gasteiger partial charge in [0.05, 0.1) is 17.3 Å². The van der Waals surface area contributed by atoms with Crippen molar-refractivity contribution in [3.8, 4) is 17.0 Å². The Balaban J connectivity index is 1.34. The molecule has 0 N–H and O–H groups in total. The molecule has 1 aliphatic heterocycles. The van der Waals surface area contributed by atoms with Gasteiger partial charge in [0.25, 0.3) is 0 Å². The Bertz CT molecular complexity index is 859. The van der Waals surface area contributed by atoms with E-state index in [-0.39, 0.29) is 11.6 Å². The molecular formula is C24H27ClFNO2S. The van der Waals surface area contributed by atoms with Gasteiger partial charge in [0.15, 0.2) is 11.6 Å². The van der Waals surface area contributed by atoms with Crippen molar-refractivity contribution in [3.05, 3.63) is 60.0 Å². The van der Waals surface area contributed by atoms with Gasteiger partial charge in [0.2, 0.25) is 0 Å². The van der Waals surface area contributed by atoms with E-state index in [1.807, 2.05) is 6.07 Å². The Hall–Kier alpha value is -1.56. The predicted molar refractivity (Wildman–Crippen MR) is 122 cm³/mol. The molecule has 0 bridgehead atoms. The molecule has 1 aliphatic carbocycles. The van der Waals surface area contributed by atoms with E-state index in [4.69, 9.17) is 21.1 Å². The highest BCUT2D eigenvalue weighted by Gasteiger charge is 2.35. The Labute approximate surface area is 187 Å². The van der Waals surface area contributed by atoms with Crippen LogP contribution in [0.4, 0.5) is 4.39 Å². The van der Waals surface area contributed by atoms with E-state index < -0.39 is 0 Å². The van der Waals surface area contributed by atoms with Crippen LogP contribution in [0.5, 0.6) is 5.75 Å². The summed E-state index contributed by atoms with van der Waals surface area (Å²) in [5, 5.41) is 1.82. The van der Waals surface area contributed by atoms with Crippen LogP contribution in [0.2, 0.25) is 5.02 Å². The lowest BCUT2D eigenvalue weighted by Crippen LogP contribution is -2.34. The van der Waals surface area contributed by atoms with Crippen LogP contribution >= 0.6 is 23.4 Å². The Kier molecular flexibility index (Phi) is 7.34. The molecule has 160 valence electrons. The molecule has 3 nitrogen and oxygen atoms in total. The van der Waals surface area contributed by atoms with Crippen molar-refractivity contribution >= 4 is 23.4 Å². The molecule has 0 radical (unpaired) electrons. The molecule has 1 saturated heterocycles. The van der Waals surface area contributed by atoms with Gasteiger partial charge in [0, 0.05) is 35.5 Å². The van der Waals surface area contributed by atoms with Crippen molar-refractivity contribution in [2.75, 3.05) is 19.8 Å². The fraction of sp³-hybridized carbons (Fsp3) is 0.458. The third-order valence-electron chi connectivity index (χ3n) is 5.76. The predicted octanol–water partition coefficient (Wildman–Crippen LogP) is 6.41. The first-order chi connectivity index (χ1) is 14.6. The number of halogens is 2. The summed E-state index contributed by atoms with van der Waals surface area (Å²) in [6.45, 7) is 6.10. The third kappa shape index (κ3) is 5.57. The molecule has 2 heterocycles. The summed E-state index contributed by atoms with van der Waals surface area (Å²) in [5.74, 6) is 0.852. The third-order valence-corrected chi connectivity index (χ3v) is 7.70. The maximum Gasteiger partial charge on any atom is 0.165 e.